The van der Waals surface area contributed by atoms with Crippen LogP contribution in [0.3, 0.4) is 0 Å². The van der Waals surface area contributed by atoms with Crippen molar-refractivity contribution in [3.05, 3.63) is 54.1 Å². The second-order valence-electron chi connectivity index (χ2n) is 9.38. The number of halogens is 2. The van der Waals surface area contributed by atoms with Crippen molar-refractivity contribution in [2.24, 2.45) is 17.8 Å². The summed E-state index contributed by atoms with van der Waals surface area (Å²) < 4.78 is 35.4. The van der Waals surface area contributed by atoms with E-state index >= 15 is 4.39 Å². The van der Waals surface area contributed by atoms with Gasteiger partial charge in [-0.3, -0.25) is 0 Å². The van der Waals surface area contributed by atoms with Crippen molar-refractivity contribution in [1.29, 1.82) is 0 Å². The van der Waals surface area contributed by atoms with E-state index in [9.17, 15) is 4.39 Å². The Hall–Kier alpha value is -1.90. The maximum Gasteiger partial charge on any atom is 0.167 e. The lowest BCUT2D eigenvalue weighted by Crippen LogP contribution is -2.25. The minimum atomic E-state index is -0.744. The zero-order valence-corrected chi connectivity index (χ0v) is 18.1. The zero-order chi connectivity index (χ0) is 21.1. The molecule has 0 saturated heterocycles. The Morgan fingerprint density at radius 1 is 0.933 bits per heavy atom. The summed E-state index contributed by atoms with van der Waals surface area (Å²) in [6.07, 6.45) is 12.7. The predicted molar refractivity (Wildman–Crippen MR) is 120 cm³/mol. The minimum absolute atomic E-state index is 0.129. The molecule has 1 nitrogen and oxygen atoms in total. The van der Waals surface area contributed by atoms with Crippen LogP contribution < -0.4 is 4.74 Å². The third-order valence-corrected chi connectivity index (χ3v) is 7.73. The Kier molecular flexibility index (Phi) is 6.75. The van der Waals surface area contributed by atoms with E-state index < -0.39 is 11.6 Å². The van der Waals surface area contributed by atoms with Crippen LogP contribution in [-0.2, 0) is 0 Å². The number of fused-ring (bicyclic) bond motifs is 1. The quantitative estimate of drug-likeness (QED) is 0.435. The summed E-state index contributed by atoms with van der Waals surface area (Å²) in [5, 5.41) is 1.04. The van der Waals surface area contributed by atoms with E-state index in [1.165, 1.54) is 32.1 Å². The molecule has 30 heavy (non-hydrogen) atoms. The van der Waals surface area contributed by atoms with Gasteiger partial charge in [0.2, 0.25) is 0 Å². The molecule has 0 aliphatic heterocycles. The van der Waals surface area contributed by atoms with E-state index in [-0.39, 0.29) is 5.92 Å². The fraction of sp³-hybridized carbons (Fsp3) is 0.556. The third-order valence-electron chi connectivity index (χ3n) is 7.73. The fourth-order valence-electron chi connectivity index (χ4n) is 5.84. The molecule has 0 N–H and O–H groups in total. The van der Waals surface area contributed by atoms with Crippen LogP contribution >= 0.6 is 0 Å². The van der Waals surface area contributed by atoms with Crippen molar-refractivity contribution in [2.45, 2.75) is 70.6 Å². The second kappa shape index (κ2) is 9.49. The van der Waals surface area contributed by atoms with Crippen LogP contribution in [-0.4, -0.2) is 6.61 Å². The number of rotatable bonds is 6. The van der Waals surface area contributed by atoms with Crippen LogP contribution in [0.5, 0.6) is 5.75 Å². The average molecular weight is 413 g/mol. The first kappa shape index (κ1) is 21.3. The Morgan fingerprint density at radius 2 is 1.60 bits per heavy atom. The van der Waals surface area contributed by atoms with Crippen molar-refractivity contribution in [2.75, 3.05) is 6.61 Å². The average Bonchev–Trinajstić information content (AvgIpc) is 2.80. The molecule has 2 aliphatic rings. The van der Waals surface area contributed by atoms with Gasteiger partial charge in [-0.05, 0) is 91.3 Å². The Labute approximate surface area is 179 Å². The molecule has 0 bridgehead atoms. The van der Waals surface area contributed by atoms with E-state index in [0.29, 0.717) is 23.3 Å². The third kappa shape index (κ3) is 4.40. The first-order valence-electron chi connectivity index (χ1n) is 11.8. The largest absolute Gasteiger partial charge is 0.490 e. The maximum atomic E-state index is 15.0. The zero-order valence-electron chi connectivity index (χ0n) is 18.1. The normalized spacial score (nSPS) is 27.2. The van der Waals surface area contributed by atoms with Gasteiger partial charge >= 0.3 is 0 Å². The lowest BCUT2D eigenvalue weighted by atomic mass is 9.68. The van der Waals surface area contributed by atoms with Gasteiger partial charge in [0.15, 0.2) is 11.6 Å². The van der Waals surface area contributed by atoms with Gasteiger partial charge in [0.1, 0.15) is 12.4 Å². The molecule has 2 aliphatic carbocycles. The van der Waals surface area contributed by atoms with Crippen molar-refractivity contribution in [3.63, 3.8) is 0 Å². The van der Waals surface area contributed by atoms with Crippen molar-refractivity contribution in [1.82, 2.24) is 0 Å². The first-order chi connectivity index (χ1) is 14.6. The molecule has 4 rings (SSSR count). The molecular formula is C27H34F2O. The van der Waals surface area contributed by atoms with Gasteiger partial charge in [-0.25, -0.2) is 8.78 Å². The molecular weight excluding hydrogens is 378 g/mol. The highest BCUT2D eigenvalue weighted by Gasteiger charge is 2.32. The van der Waals surface area contributed by atoms with E-state index in [4.69, 9.17) is 4.74 Å². The highest BCUT2D eigenvalue weighted by molar-refractivity contribution is 5.85. The standard InChI is InChI=1S/C27H34F2O/c1-3-15-30-23-14-13-22-16-24(26(28)27(29)25(22)17-23)21-11-9-20(10-12-21)19-7-5-18(4-2)6-8-19/h3,13-14,16-21H,1,4-12,15H2,2H3. The highest BCUT2D eigenvalue weighted by atomic mass is 19.2. The molecule has 0 atom stereocenters. The van der Waals surface area contributed by atoms with E-state index in [0.717, 1.165) is 48.8 Å². The molecule has 2 aromatic carbocycles. The molecule has 0 amide bonds. The highest BCUT2D eigenvalue weighted by Crippen LogP contribution is 2.45. The Bertz CT molecular complexity index is 874. The maximum absolute atomic E-state index is 15.0. The Morgan fingerprint density at radius 3 is 2.23 bits per heavy atom. The fourth-order valence-corrected chi connectivity index (χ4v) is 5.84. The molecule has 0 spiro atoms. The number of hydrogen-bond acceptors (Lipinski definition) is 1. The molecule has 0 heterocycles. The monoisotopic (exact) mass is 412 g/mol. The second-order valence-corrected chi connectivity index (χ2v) is 9.38. The van der Waals surface area contributed by atoms with Gasteiger partial charge in [0.25, 0.3) is 0 Å². The number of hydrogen-bond donors (Lipinski definition) is 0. The van der Waals surface area contributed by atoms with Crippen LogP contribution in [0.1, 0.15) is 76.2 Å². The van der Waals surface area contributed by atoms with Crippen LogP contribution in [0.15, 0.2) is 36.9 Å². The molecule has 0 unspecified atom stereocenters. The summed E-state index contributed by atoms with van der Waals surface area (Å²) in [4.78, 5) is 0. The smallest absolute Gasteiger partial charge is 0.167 e. The topological polar surface area (TPSA) is 9.23 Å². The van der Waals surface area contributed by atoms with E-state index in [1.807, 2.05) is 18.2 Å². The van der Waals surface area contributed by atoms with Crippen LogP contribution in [0.25, 0.3) is 10.8 Å². The summed E-state index contributed by atoms with van der Waals surface area (Å²) >= 11 is 0. The van der Waals surface area contributed by atoms with Crippen LogP contribution in [0.4, 0.5) is 8.78 Å². The summed E-state index contributed by atoms with van der Waals surface area (Å²) in [5.74, 6) is 1.80. The van der Waals surface area contributed by atoms with Gasteiger partial charge in [-0.2, -0.15) is 0 Å². The molecule has 2 saturated carbocycles. The van der Waals surface area contributed by atoms with Crippen LogP contribution in [0, 0.1) is 29.4 Å². The summed E-state index contributed by atoms with van der Waals surface area (Å²) in [6, 6.07) is 7.10. The lowest BCUT2D eigenvalue weighted by molar-refractivity contribution is 0.158. The number of benzene rings is 2. The minimum Gasteiger partial charge on any atom is -0.490 e. The van der Waals surface area contributed by atoms with Crippen molar-refractivity contribution >= 4 is 10.8 Å². The van der Waals surface area contributed by atoms with Gasteiger partial charge < -0.3 is 4.74 Å². The summed E-state index contributed by atoms with van der Waals surface area (Å²) in [7, 11) is 0. The molecule has 2 aromatic rings. The van der Waals surface area contributed by atoms with Gasteiger partial charge in [-0.1, -0.05) is 44.9 Å². The van der Waals surface area contributed by atoms with E-state index in [1.54, 1.807) is 12.1 Å². The molecule has 0 aromatic heterocycles. The van der Waals surface area contributed by atoms with E-state index in [2.05, 4.69) is 13.5 Å². The van der Waals surface area contributed by atoms with Crippen molar-refractivity contribution in [3.8, 4) is 5.75 Å². The summed E-state index contributed by atoms with van der Waals surface area (Å²) in [6.45, 7) is 6.27. The number of ether oxygens (including phenoxy) is 1. The van der Waals surface area contributed by atoms with Gasteiger partial charge in [-0.15, -0.1) is 0 Å². The SMILES string of the molecule is C=CCOc1ccc2cc(C3CCC(C4CCC(CC)CC4)CC3)c(F)c(F)c2c1. The molecule has 2 fully saturated rings. The summed E-state index contributed by atoms with van der Waals surface area (Å²) in [5.41, 5.74) is 0.563. The van der Waals surface area contributed by atoms with Gasteiger partial charge in [0, 0.05) is 5.39 Å². The van der Waals surface area contributed by atoms with Crippen molar-refractivity contribution < 1.29 is 13.5 Å². The first-order valence-corrected chi connectivity index (χ1v) is 11.8. The van der Waals surface area contributed by atoms with Gasteiger partial charge in [0.05, 0.1) is 0 Å². The molecule has 3 heteroatoms. The molecule has 0 radical (unpaired) electrons. The predicted octanol–water partition coefficient (Wildman–Crippen LogP) is 8.17. The Balaban J connectivity index is 1.46. The lowest BCUT2D eigenvalue weighted by Gasteiger charge is -2.38. The van der Waals surface area contributed by atoms with Crippen LogP contribution in [0.2, 0.25) is 0 Å². The molecule has 162 valence electrons.